The second kappa shape index (κ2) is 7.60. The minimum atomic E-state index is -1.26. The average Bonchev–Trinajstić information content (AvgIpc) is 3.52. The Hall–Kier alpha value is -4.01. The monoisotopic (exact) mass is 435 g/mol. The molecule has 0 unspecified atom stereocenters. The van der Waals surface area contributed by atoms with Gasteiger partial charge in [-0.2, -0.15) is 0 Å². The third-order valence-corrected chi connectivity index (χ3v) is 6.06. The molecule has 0 bridgehead atoms. The van der Waals surface area contributed by atoms with Gasteiger partial charge in [-0.25, -0.2) is 9.78 Å². The number of hydrogen-bond acceptors (Lipinski definition) is 6. The number of aromatic carboxylic acids is 1. The van der Waals surface area contributed by atoms with Crippen molar-refractivity contribution in [3.63, 3.8) is 0 Å². The fourth-order valence-corrected chi connectivity index (χ4v) is 4.48. The van der Waals surface area contributed by atoms with E-state index in [0.717, 1.165) is 19.3 Å². The zero-order valence-corrected chi connectivity index (χ0v) is 17.0. The summed E-state index contributed by atoms with van der Waals surface area (Å²) < 4.78 is 6.80. The van der Waals surface area contributed by atoms with E-state index in [9.17, 15) is 24.9 Å². The van der Waals surface area contributed by atoms with Gasteiger partial charge in [0, 0.05) is 5.92 Å². The largest absolute Gasteiger partial charge is 0.503 e. The van der Waals surface area contributed by atoms with Gasteiger partial charge in [-0.1, -0.05) is 19.3 Å². The number of hydrogen-bond donors (Lipinski definition) is 4. The highest BCUT2D eigenvalue weighted by molar-refractivity contribution is 6.07. The predicted octanol–water partition coefficient (Wildman–Crippen LogP) is 4.49. The lowest BCUT2D eigenvalue weighted by molar-refractivity contribution is 0.0663. The van der Waals surface area contributed by atoms with Crippen LogP contribution in [0, 0.1) is 5.92 Å². The lowest BCUT2D eigenvalue weighted by atomic mass is 9.83. The number of nitrogens with zero attached hydrogens (tertiary/aromatic N) is 2. The van der Waals surface area contributed by atoms with Crippen LogP contribution in [0.4, 0.5) is 0 Å². The van der Waals surface area contributed by atoms with Crippen LogP contribution in [0.25, 0.3) is 28.2 Å². The summed E-state index contributed by atoms with van der Waals surface area (Å²) in [6, 6.07) is 7.81. The third kappa shape index (κ3) is 3.13. The molecule has 0 radical (unpaired) electrons. The smallest absolute Gasteiger partial charge is 0.371 e. The molecule has 1 aliphatic carbocycles. The molecule has 3 aromatic heterocycles. The van der Waals surface area contributed by atoms with E-state index in [4.69, 9.17) is 4.42 Å². The number of carbonyl (C=O) groups is 2. The molecule has 4 N–H and O–H groups in total. The molecule has 0 amide bonds. The molecule has 32 heavy (non-hydrogen) atoms. The first-order chi connectivity index (χ1) is 15.5. The normalized spacial score (nSPS) is 14.8. The molecule has 0 spiro atoms. The Kier molecular flexibility index (Phi) is 4.73. The molecule has 164 valence electrons. The Balaban J connectivity index is 1.75. The van der Waals surface area contributed by atoms with Crippen LogP contribution in [0.5, 0.6) is 11.6 Å². The molecule has 0 saturated heterocycles. The number of ketones is 1. The molecule has 4 aromatic rings. The van der Waals surface area contributed by atoms with Gasteiger partial charge in [0.25, 0.3) is 0 Å². The molecule has 9 nitrogen and oxygen atoms in total. The third-order valence-electron chi connectivity index (χ3n) is 6.06. The van der Waals surface area contributed by atoms with Gasteiger partial charge >= 0.3 is 5.97 Å². The number of rotatable bonds is 5. The molecule has 1 fully saturated rings. The number of carboxylic acid groups (broad SMARTS) is 1. The quantitative estimate of drug-likeness (QED) is 0.338. The number of aromatic amines is 1. The number of carbonyl (C=O) groups excluding carboxylic acids is 1. The summed E-state index contributed by atoms with van der Waals surface area (Å²) in [7, 11) is 0. The molecule has 0 aliphatic heterocycles. The van der Waals surface area contributed by atoms with Gasteiger partial charge in [0.05, 0.1) is 28.6 Å². The van der Waals surface area contributed by atoms with Crippen LogP contribution in [-0.4, -0.2) is 41.6 Å². The Labute approximate surface area is 181 Å². The fourth-order valence-electron chi connectivity index (χ4n) is 4.48. The van der Waals surface area contributed by atoms with Crippen molar-refractivity contribution in [2.75, 3.05) is 0 Å². The van der Waals surface area contributed by atoms with Crippen LogP contribution < -0.4 is 0 Å². The topological polar surface area (TPSA) is 142 Å². The van der Waals surface area contributed by atoms with Crippen molar-refractivity contribution >= 4 is 22.8 Å². The van der Waals surface area contributed by atoms with E-state index < -0.39 is 17.6 Å². The molecule has 1 saturated carbocycles. The van der Waals surface area contributed by atoms with Gasteiger partial charge in [-0.15, -0.1) is 0 Å². The van der Waals surface area contributed by atoms with Gasteiger partial charge in [-0.3, -0.25) is 9.36 Å². The molecular weight excluding hydrogens is 414 g/mol. The number of furan rings is 1. The van der Waals surface area contributed by atoms with Crippen LogP contribution in [0.2, 0.25) is 0 Å². The predicted molar refractivity (Wildman–Crippen MR) is 114 cm³/mol. The number of imidazole rings is 1. The zero-order chi connectivity index (χ0) is 22.4. The van der Waals surface area contributed by atoms with Crippen LogP contribution in [0.15, 0.2) is 41.1 Å². The Morgan fingerprint density at radius 1 is 1.09 bits per heavy atom. The lowest BCUT2D eigenvalue weighted by Crippen LogP contribution is -2.18. The number of benzene rings is 1. The second-order valence-electron chi connectivity index (χ2n) is 8.00. The van der Waals surface area contributed by atoms with Gasteiger partial charge in [0.2, 0.25) is 11.6 Å². The molecular formula is C23H21N3O6. The van der Waals surface area contributed by atoms with Crippen LogP contribution in [0.1, 0.15) is 53.0 Å². The summed E-state index contributed by atoms with van der Waals surface area (Å²) in [4.78, 5) is 32.0. The van der Waals surface area contributed by atoms with Crippen molar-refractivity contribution in [3.05, 3.63) is 48.0 Å². The number of H-pyrrole nitrogens is 1. The molecule has 9 heteroatoms. The van der Waals surface area contributed by atoms with Crippen molar-refractivity contribution in [3.8, 4) is 28.8 Å². The van der Waals surface area contributed by atoms with Crippen molar-refractivity contribution < 1.29 is 29.3 Å². The van der Waals surface area contributed by atoms with E-state index in [1.807, 2.05) is 0 Å². The number of fused-ring (bicyclic) bond motifs is 1. The Morgan fingerprint density at radius 2 is 1.88 bits per heavy atom. The van der Waals surface area contributed by atoms with E-state index in [1.165, 1.54) is 23.0 Å². The molecule has 5 rings (SSSR count). The van der Waals surface area contributed by atoms with Gasteiger partial charge in [0.15, 0.2) is 17.3 Å². The number of carboxylic acids is 1. The average molecular weight is 435 g/mol. The molecule has 1 aliphatic rings. The van der Waals surface area contributed by atoms with Crippen LogP contribution >= 0.6 is 0 Å². The molecule has 3 heterocycles. The SMILES string of the molecule is O=C(O)c1ccc(-c2c(C(=O)C3CCCCC3)c(O)c(O)n2-c2ccc3nc[nH]c3c2)o1. The van der Waals surface area contributed by atoms with Crippen molar-refractivity contribution in [1.29, 1.82) is 0 Å². The first-order valence-electron chi connectivity index (χ1n) is 10.4. The van der Waals surface area contributed by atoms with Crippen molar-refractivity contribution in [2.45, 2.75) is 32.1 Å². The summed E-state index contributed by atoms with van der Waals surface area (Å²) in [5, 5.41) is 31.0. The molecule has 0 atom stereocenters. The van der Waals surface area contributed by atoms with E-state index in [0.29, 0.717) is 29.6 Å². The maximum atomic E-state index is 13.5. The van der Waals surface area contributed by atoms with E-state index >= 15 is 0 Å². The maximum Gasteiger partial charge on any atom is 0.371 e. The number of nitrogens with one attached hydrogen (secondary N) is 1. The first-order valence-corrected chi connectivity index (χ1v) is 10.4. The van der Waals surface area contributed by atoms with E-state index in [1.54, 1.807) is 18.2 Å². The maximum absolute atomic E-state index is 13.5. The zero-order valence-electron chi connectivity index (χ0n) is 17.0. The number of aromatic hydroxyl groups is 2. The summed E-state index contributed by atoms with van der Waals surface area (Å²) in [5.74, 6) is -3.16. The highest BCUT2D eigenvalue weighted by atomic mass is 16.4. The van der Waals surface area contributed by atoms with E-state index in [-0.39, 0.29) is 34.5 Å². The van der Waals surface area contributed by atoms with Crippen LogP contribution in [-0.2, 0) is 0 Å². The van der Waals surface area contributed by atoms with Gasteiger partial charge < -0.3 is 24.7 Å². The summed E-state index contributed by atoms with van der Waals surface area (Å²) in [5.41, 5.74) is 1.88. The van der Waals surface area contributed by atoms with Crippen molar-refractivity contribution in [1.82, 2.24) is 14.5 Å². The van der Waals surface area contributed by atoms with Gasteiger partial charge in [-0.05, 0) is 43.2 Å². The summed E-state index contributed by atoms with van der Waals surface area (Å²) in [6.07, 6.45) is 5.81. The van der Waals surface area contributed by atoms with Crippen molar-refractivity contribution in [2.24, 2.45) is 5.92 Å². The van der Waals surface area contributed by atoms with E-state index in [2.05, 4.69) is 9.97 Å². The highest BCUT2D eigenvalue weighted by Crippen LogP contribution is 2.45. The second-order valence-corrected chi connectivity index (χ2v) is 8.00. The number of Topliss-reactive ketones (excluding diaryl/α,β-unsaturated/α-hetero) is 1. The first kappa shape index (κ1) is 19.9. The minimum Gasteiger partial charge on any atom is -0.503 e. The number of aromatic nitrogens is 3. The Morgan fingerprint density at radius 3 is 2.59 bits per heavy atom. The minimum absolute atomic E-state index is 0.0573. The Bertz CT molecular complexity index is 1340. The summed E-state index contributed by atoms with van der Waals surface area (Å²) in [6.45, 7) is 0. The summed E-state index contributed by atoms with van der Waals surface area (Å²) >= 11 is 0. The highest BCUT2D eigenvalue weighted by Gasteiger charge is 2.35. The fraction of sp³-hybridized carbons (Fsp3) is 0.261. The van der Waals surface area contributed by atoms with Gasteiger partial charge in [0.1, 0.15) is 5.69 Å². The lowest BCUT2D eigenvalue weighted by Gasteiger charge is -2.20. The molecule has 1 aromatic carbocycles. The van der Waals surface area contributed by atoms with Crippen LogP contribution in [0.3, 0.4) is 0 Å². The standard InChI is InChI=1S/C23H21N3O6/c27-20(12-4-2-1-3-5-12)18-19(16-8-9-17(32-16)23(30)31)26(22(29)21(18)28)13-6-7-14-15(10-13)25-11-24-14/h6-12,28-29H,1-5H2,(H,24,25)(H,30,31).